The summed E-state index contributed by atoms with van der Waals surface area (Å²) in [6.07, 6.45) is 3.69. The highest BCUT2D eigenvalue weighted by molar-refractivity contribution is 4.89. The Bertz CT molecular complexity index is 181. The lowest BCUT2D eigenvalue weighted by Gasteiger charge is -2.40. The first kappa shape index (κ1) is 13.0. The molecule has 1 saturated carbocycles. The summed E-state index contributed by atoms with van der Waals surface area (Å²) in [7, 11) is 0. The van der Waals surface area contributed by atoms with Crippen molar-refractivity contribution in [3.8, 4) is 0 Å². The maximum Gasteiger partial charge on any atom is 0.0771 e. The molecule has 1 rings (SSSR count). The van der Waals surface area contributed by atoms with Crippen LogP contribution in [0.3, 0.4) is 0 Å². The maximum absolute atomic E-state index is 10.4. The third-order valence-corrected chi connectivity index (χ3v) is 3.79. The van der Waals surface area contributed by atoms with Crippen molar-refractivity contribution in [1.82, 2.24) is 5.32 Å². The topological polar surface area (TPSA) is 32.3 Å². The van der Waals surface area contributed by atoms with Gasteiger partial charge in [0.05, 0.1) is 5.60 Å². The predicted octanol–water partition coefficient (Wildman–Crippen LogP) is 2.42. The number of aliphatic hydroxyl groups is 1. The van der Waals surface area contributed by atoms with Crippen LogP contribution >= 0.6 is 0 Å². The van der Waals surface area contributed by atoms with Gasteiger partial charge in [-0.1, -0.05) is 20.8 Å². The van der Waals surface area contributed by atoms with Crippen LogP contribution in [0.5, 0.6) is 0 Å². The number of hydrogen-bond donors (Lipinski definition) is 2. The zero-order valence-electron chi connectivity index (χ0n) is 10.7. The van der Waals surface area contributed by atoms with Crippen LogP contribution in [0.2, 0.25) is 0 Å². The van der Waals surface area contributed by atoms with Gasteiger partial charge in [-0.05, 0) is 50.5 Å². The molecule has 0 saturated heterocycles. The standard InChI is InChI=1S/C13H27NO/c1-5-14-9-13(4,15)12-7-10(2)6-11(3)8-12/h10-12,14-15H,5-9H2,1-4H3. The van der Waals surface area contributed by atoms with Gasteiger partial charge >= 0.3 is 0 Å². The minimum Gasteiger partial charge on any atom is -0.389 e. The van der Waals surface area contributed by atoms with Crippen molar-refractivity contribution in [3.63, 3.8) is 0 Å². The van der Waals surface area contributed by atoms with E-state index in [2.05, 4.69) is 26.1 Å². The highest BCUT2D eigenvalue weighted by Gasteiger charge is 2.36. The van der Waals surface area contributed by atoms with Crippen LogP contribution in [-0.2, 0) is 0 Å². The van der Waals surface area contributed by atoms with Crippen molar-refractivity contribution in [2.75, 3.05) is 13.1 Å². The molecule has 1 fully saturated rings. The molecule has 0 aromatic heterocycles. The van der Waals surface area contributed by atoms with Crippen LogP contribution in [0.4, 0.5) is 0 Å². The van der Waals surface area contributed by atoms with Crippen LogP contribution in [0.1, 0.15) is 47.0 Å². The van der Waals surface area contributed by atoms with Gasteiger partial charge in [0.2, 0.25) is 0 Å². The minimum absolute atomic E-state index is 0.468. The van der Waals surface area contributed by atoms with Crippen molar-refractivity contribution in [2.24, 2.45) is 17.8 Å². The summed E-state index contributed by atoms with van der Waals surface area (Å²) in [5, 5.41) is 13.7. The third kappa shape index (κ3) is 3.76. The van der Waals surface area contributed by atoms with Crippen LogP contribution in [0, 0.1) is 17.8 Å². The van der Waals surface area contributed by atoms with Crippen molar-refractivity contribution in [2.45, 2.75) is 52.6 Å². The number of hydrogen-bond acceptors (Lipinski definition) is 2. The normalized spacial score (nSPS) is 36.2. The Morgan fingerprint density at radius 2 is 1.73 bits per heavy atom. The van der Waals surface area contributed by atoms with E-state index in [0.717, 1.165) is 24.9 Å². The van der Waals surface area contributed by atoms with Crippen molar-refractivity contribution in [1.29, 1.82) is 0 Å². The first-order chi connectivity index (χ1) is 6.95. The summed E-state index contributed by atoms with van der Waals surface area (Å²) >= 11 is 0. The van der Waals surface area contributed by atoms with Gasteiger partial charge < -0.3 is 10.4 Å². The molecule has 0 radical (unpaired) electrons. The van der Waals surface area contributed by atoms with E-state index >= 15 is 0 Å². The fourth-order valence-electron chi connectivity index (χ4n) is 2.98. The van der Waals surface area contributed by atoms with Crippen LogP contribution in [-0.4, -0.2) is 23.8 Å². The number of rotatable bonds is 4. The number of nitrogens with one attached hydrogen (secondary N) is 1. The molecule has 0 bridgehead atoms. The van der Waals surface area contributed by atoms with Crippen molar-refractivity contribution in [3.05, 3.63) is 0 Å². The molecule has 3 unspecified atom stereocenters. The average molecular weight is 213 g/mol. The monoisotopic (exact) mass is 213 g/mol. The Kier molecular flexibility index (Phi) is 4.60. The third-order valence-electron chi connectivity index (χ3n) is 3.79. The summed E-state index contributed by atoms with van der Waals surface area (Å²) in [4.78, 5) is 0. The number of likely N-dealkylation sites (N-methyl/N-ethyl adjacent to an activating group) is 1. The Balaban J connectivity index is 2.52. The molecule has 15 heavy (non-hydrogen) atoms. The molecular weight excluding hydrogens is 186 g/mol. The summed E-state index contributed by atoms with van der Waals surface area (Å²) in [5.74, 6) is 2.01. The fourth-order valence-corrected chi connectivity index (χ4v) is 2.98. The SMILES string of the molecule is CCNCC(C)(O)C1CC(C)CC(C)C1. The Labute approximate surface area is 94.5 Å². The van der Waals surface area contributed by atoms with Gasteiger partial charge in [0.15, 0.2) is 0 Å². The maximum atomic E-state index is 10.4. The van der Waals surface area contributed by atoms with E-state index in [4.69, 9.17) is 0 Å². The van der Waals surface area contributed by atoms with Gasteiger partial charge in [0, 0.05) is 6.54 Å². The van der Waals surface area contributed by atoms with Gasteiger partial charge in [0.25, 0.3) is 0 Å². The lowest BCUT2D eigenvalue weighted by molar-refractivity contribution is -0.0318. The molecule has 1 aliphatic rings. The molecule has 3 atom stereocenters. The molecule has 0 aromatic carbocycles. The van der Waals surface area contributed by atoms with Crippen LogP contribution in [0.25, 0.3) is 0 Å². The molecule has 0 spiro atoms. The van der Waals surface area contributed by atoms with E-state index in [1.165, 1.54) is 19.3 Å². The summed E-state index contributed by atoms with van der Waals surface area (Å²) in [6, 6.07) is 0. The molecule has 0 heterocycles. The van der Waals surface area contributed by atoms with Crippen molar-refractivity contribution < 1.29 is 5.11 Å². The zero-order valence-corrected chi connectivity index (χ0v) is 10.7. The zero-order chi connectivity index (χ0) is 11.5. The molecule has 2 heteroatoms. The average Bonchev–Trinajstić information content (AvgIpc) is 2.13. The highest BCUT2D eigenvalue weighted by atomic mass is 16.3. The summed E-state index contributed by atoms with van der Waals surface area (Å²) in [5.41, 5.74) is -0.529. The molecule has 0 amide bonds. The van der Waals surface area contributed by atoms with E-state index in [1.54, 1.807) is 0 Å². The van der Waals surface area contributed by atoms with Gasteiger partial charge in [-0.25, -0.2) is 0 Å². The molecular formula is C13H27NO. The molecule has 0 aromatic rings. The Morgan fingerprint density at radius 1 is 1.20 bits per heavy atom. The van der Waals surface area contributed by atoms with Gasteiger partial charge in [-0.2, -0.15) is 0 Å². The van der Waals surface area contributed by atoms with Crippen LogP contribution < -0.4 is 5.32 Å². The largest absolute Gasteiger partial charge is 0.389 e. The Morgan fingerprint density at radius 3 is 2.20 bits per heavy atom. The first-order valence-corrected chi connectivity index (χ1v) is 6.38. The molecule has 90 valence electrons. The van der Waals surface area contributed by atoms with E-state index < -0.39 is 5.60 Å². The highest BCUT2D eigenvalue weighted by Crippen LogP contribution is 2.38. The Hall–Kier alpha value is -0.0800. The fraction of sp³-hybridized carbons (Fsp3) is 1.00. The second-order valence-corrected chi connectivity index (χ2v) is 5.75. The minimum atomic E-state index is -0.529. The summed E-state index contributed by atoms with van der Waals surface area (Å²) < 4.78 is 0. The second kappa shape index (κ2) is 5.31. The molecule has 0 aliphatic heterocycles. The van der Waals surface area contributed by atoms with Gasteiger partial charge in [0.1, 0.15) is 0 Å². The van der Waals surface area contributed by atoms with Crippen molar-refractivity contribution >= 4 is 0 Å². The smallest absolute Gasteiger partial charge is 0.0771 e. The molecule has 2 nitrogen and oxygen atoms in total. The van der Waals surface area contributed by atoms with E-state index in [-0.39, 0.29) is 0 Å². The van der Waals surface area contributed by atoms with E-state index in [0.29, 0.717) is 5.92 Å². The lowest BCUT2D eigenvalue weighted by atomic mass is 9.70. The van der Waals surface area contributed by atoms with E-state index in [1.807, 2.05) is 6.92 Å². The lowest BCUT2D eigenvalue weighted by Crippen LogP contribution is -2.46. The van der Waals surface area contributed by atoms with E-state index in [9.17, 15) is 5.11 Å². The molecule has 1 aliphatic carbocycles. The second-order valence-electron chi connectivity index (χ2n) is 5.75. The quantitative estimate of drug-likeness (QED) is 0.751. The van der Waals surface area contributed by atoms with Crippen LogP contribution in [0.15, 0.2) is 0 Å². The first-order valence-electron chi connectivity index (χ1n) is 6.38. The van der Waals surface area contributed by atoms with Gasteiger partial charge in [-0.3, -0.25) is 0 Å². The molecule has 2 N–H and O–H groups in total. The van der Waals surface area contributed by atoms with Gasteiger partial charge in [-0.15, -0.1) is 0 Å². The predicted molar refractivity (Wildman–Crippen MR) is 64.8 cm³/mol. The summed E-state index contributed by atoms with van der Waals surface area (Å²) in [6.45, 7) is 10.4.